The van der Waals surface area contributed by atoms with Crippen molar-refractivity contribution < 1.29 is 14.3 Å². The summed E-state index contributed by atoms with van der Waals surface area (Å²) in [5, 5.41) is 3.44. The van der Waals surface area contributed by atoms with Gasteiger partial charge in [0.05, 0.1) is 12.1 Å². The van der Waals surface area contributed by atoms with Gasteiger partial charge in [-0.2, -0.15) is 0 Å². The van der Waals surface area contributed by atoms with Crippen LogP contribution >= 0.6 is 11.6 Å². The van der Waals surface area contributed by atoms with Crippen molar-refractivity contribution in [1.82, 2.24) is 15.3 Å². The van der Waals surface area contributed by atoms with Crippen molar-refractivity contribution in [2.45, 2.75) is 25.8 Å². The van der Waals surface area contributed by atoms with Crippen molar-refractivity contribution in [2.24, 2.45) is 0 Å². The topological polar surface area (TPSA) is 73.3 Å². The number of nitrogens with zero attached hydrogens (tertiary/aromatic N) is 2. The van der Waals surface area contributed by atoms with E-state index >= 15 is 0 Å². The number of amides is 1. The van der Waals surface area contributed by atoms with Crippen molar-refractivity contribution in [3.8, 4) is 11.5 Å². The van der Waals surface area contributed by atoms with Gasteiger partial charge in [0.15, 0.2) is 11.5 Å². The first-order valence-corrected chi connectivity index (χ1v) is 8.12. The second kappa shape index (κ2) is 7.49. The van der Waals surface area contributed by atoms with Gasteiger partial charge in [0.2, 0.25) is 5.91 Å². The molecule has 0 radical (unpaired) electrons. The molecule has 1 N–H and O–H groups in total. The van der Waals surface area contributed by atoms with Crippen molar-refractivity contribution in [2.75, 3.05) is 13.2 Å². The standard InChI is InChI=1S/C17H18ClN3O3/c1-11(6-13-10-19-2-3-20-13)21-17(22)8-12-7-15-16(9-14(12)18)24-5-4-23-15/h2-3,7,9-11H,4-6,8H2,1H3,(H,21,22). The van der Waals surface area contributed by atoms with E-state index in [1.54, 1.807) is 30.7 Å². The van der Waals surface area contributed by atoms with Gasteiger partial charge in [0.25, 0.3) is 0 Å². The molecule has 0 spiro atoms. The SMILES string of the molecule is CC(Cc1cnccn1)NC(=O)Cc1cc2c(cc1Cl)OCCO2. The van der Waals surface area contributed by atoms with Gasteiger partial charge >= 0.3 is 0 Å². The maximum Gasteiger partial charge on any atom is 0.224 e. The number of rotatable bonds is 5. The lowest BCUT2D eigenvalue weighted by Crippen LogP contribution is -2.35. The van der Waals surface area contributed by atoms with Crippen LogP contribution < -0.4 is 14.8 Å². The lowest BCUT2D eigenvalue weighted by Gasteiger charge is -2.20. The number of carbonyl (C=O) groups excluding carboxylic acids is 1. The summed E-state index contributed by atoms with van der Waals surface area (Å²) in [6.07, 6.45) is 5.75. The molecule has 7 heteroatoms. The molecule has 0 bridgehead atoms. The second-order valence-corrected chi connectivity index (χ2v) is 6.04. The third-order valence-electron chi connectivity index (χ3n) is 3.60. The molecule has 0 aliphatic carbocycles. The number of fused-ring (bicyclic) bond motifs is 1. The summed E-state index contributed by atoms with van der Waals surface area (Å²) < 4.78 is 11.0. The molecule has 2 aromatic rings. The lowest BCUT2D eigenvalue weighted by atomic mass is 10.1. The van der Waals surface area contributed by atoms with E-state index in [4.69, 9.17) is 21.1 Å². The molecule has 0 saturated carbocycles. The minimum Gasteiger partial charge on any atom is -0.486 e. The van der Waals surface area contributed by atoms with Crippen molar-refractivity contribution in [1.29, 1.82) is 0 Å². The monoisotopic (exact) mass is 347 g/mol. The van der Waals surface area contributed by atoms with E-state index in [2.05, 4.69) is 15.3 Å². The van der Waals surface area contributed by atoms with Crippen LogP contribution in [0, 0.1) is 0 Å². The van der Waals surface area contributed by atoms with Crippen LogP contribution in [0.25, 0.3) is 0 Å². The summed E-state index contributed by atoms with van der Waals surface area (Å²) in [5.74, 6) is 1.14. The van der Waals surface area contributed by atoms with E-state index in [1.807, 2.05) is 6.92 Å². The van der Waals surface area contributed by atoms with Crippen LogP contribution in [0.5, 0.6) is 11.5 Å². The minimum absolute atomic E-state index is 0.0508. The van der Waals surface area contributed by atoms with Crippen LogP contribution in [-0.4, -0.2) is 35.1 Å². The zero-order valence-corrected chi connectivity index (χ0v) is 14.0. The van der Waals surface area contributed by atoms with Crippen molar-refractivity contribution in [3.63, 3.8) is 0 Å². The number of carbonyl (C=O) groups is 1. The highest BCUT2D eigenvalue weighted by atomic mass is 35.5. The van der Waals surface area contributed by atoms with Crippen molar-refractivity contribution >= 4 is 17.5 Å². The highest BCUT2D eigenvalue weighted by Crippen LogP contribution is 2.35. The van der Waals surface area contributed by atoms with Gasteiger partial charge in [-0.1, -0.05) is 11.6 Å². The summed E-state index contributed by atoms with van der Waals surface area (Å²) in [7, 11) is 0. The van der Waals surface area contributed by atoms with Crippen LogP contribution in [0.3, 0.4) is 0 Å². The summed E-state index contributed by atoms with van der Waals surface area (Å²) in [4.78, 5) is 20.5. The molecule has 126 valence electrons. The molecule has 1 amide bonds. The predicted octanol–water partition coefficient (Wildman–Crippen LogP) is 2.19. The molecule has 0 fully saturated rings. The smallest absolute Gasteiger partial charge is 0.224 e. The van der Waals surface area contributed by atoms with E-state index in [9.17, 15) is 4.79 Å². The van der Waals surface area contributed by atoms with E-state index in [0.717, 1.165) is 5.69 Å². The molecule has 1 aromatic heterocycles. The maximum atomic E-state index is 12.3. The lowest BCUT2D eigenvalue weighted by molar-refractivity contribution is -0.121. The minimum atomic E-state index is -0.107. The van der Waals surface area contributed by atoms with Crippen LogP contribution in [0.2, 0.25) is 5.02 Å². The zero-order chi connectivity index (χ0) is 16.9. The molecular formula is C17H18ClN3O3. The molecule has 1 aromatic carbocycles. The average molecular weight is 348 g/mol. The number of nitrogens with one attached hydrogen (secondary N) is 1. The van der Waals surface area contributed by atoms with E-state index in [0.29, 0.717) is 41.7 Å². The molecule has 2 heterocycles. The van der Waals surface area contributed by atoms with Crippen LogP contribution in [0.15, 0.2) is 30.7 Å². The zero-order valence-electron chi connectivity index (χ0n) is 13.3. The normalized spacial score (nSPS) is 14.1. The second-order valence-electron chi connectivity index (χ2n) is 5.63. The van der Waals surface area contributed by atoms with Gasteiger partial charge in [-0.25, -0.2) is 0 Å². The number of benzene rings is 1. The van der Waals surface area contributed by atoms with Gasteiger partial charge < -0.3 is 14.8 Å². The highest BCUT2D eigenvalue weighted by molar-refractivity contribution is 6.31. The third-order valence-corrected chi connectivity index (χ3v) is 3.95. The number of aromatic nitrogens is 2. The van der Waals surface area contributed by atoms with E-state index < -0.39 is 0 Å². The Labute approximate surface area is 145 Å². The fourth-order valence-electron chi connectivity index (χ4n) is 2.54. The van der Waals surface area contributed by atoms with E-state index in [1.165, 1.54) is 0 Å². The Balaban J connectivity index is 1.60. The first-order chi connectivity index (χ1) is 11.6. The first kappa shape index (κ1) is 16.5. The fourth-order valence-corrected chi connectivity index (χ4v) is 2.76. The Kier molecular flexibility index (Phi) is 5.15. The number of halogens is 1. The Morgan fingerprint density at radius 2 is 2.04 bits per heavy atom. The van der Waals surface area contributed by atoms with Gasteiger partial charge in [-0.05, 0) is 18.6 Å². The van der Waals surface area contributed by atoms with Gasteiger partial charge in [0, 0.05) is 42.1 Å². The van der Waals surface area contributed by atoms with Gasteiger partial charge in [-0.15, -0.1) is 0 Å². The summed E-state index contributed by atoms with van der Waals surface area (Å²) >= 11 is 6.24. The average Bonchev–Trinajstić information content (AvgIpc) is 2.56. The number of hydrogen-bond acceptors (Lipinski definition) is 5. The Morgan fingerprint density at radius 3 is 2.75 bits per heavy atom. The largest absolute Gasteiger partial charge is 0.486 e. The first-order valence-electron chi connectivity index (χ1n) is 7.74. The molecule has 1 unspecified atom stereocenters. The van der Waals surface area contributed by atoms with Gasteiger partial charge in [0.1, 0.15) is 13.2 Å². The van der Waals surface area contributed by atoms with Crippen LogP contribution in [0.1, 0.15) is 18.2 Å². The predicted molar refractivity (Wildman–Crippen MR) is 89.5 cm³/mol. The highest BCUT2D eigenvalue weighted by Gasteiger charge is 2.17. The molecule has 3 rings (SSSR count). The van der Waals surface area contributed by atoms with E-state index in [-0.39, 0.29) is 18.4 Å². The Bertz CT molecular complexity index is 725. The van der Waals surface area contributed by atoms with Crippen LogP contribution in [-0.2, 0) is 17.6 Å². The summed E-state index contributed by atoms with van der Waals surface area (Å²) in [6, 6.07) is 3.41. The fraction of sp³-hybridized carbons (Fsp3) is 0.353. The Morgan fingerprint density at radius 1 is 1.29 bits per heavy atom. The quantitative estimate of drug-likeness (QED) is 0.897. The molecule has 1 aliphatic rings. The molecule has 6 nitrogen and oxygen atoms in total. The molecule has 1 aliphatic heterocycles. The molecule has 1 atom stereocenters. The maximum absolute atomic E-state index is 12.3. The number of hydrogen-bond donors (Lipinski definition) is 1. The Hall–Kier alpha value is -2.34. The third kappa shape index (κ3) is 4.14. The van der Waals surface area contributed by atoms with Crippen LogP contribution in [0.4, 0.5) is 0 Å². The summed E-state index contributed by atoms with van der Waals surface area (Å²) in [5.41, 5.74) is 1.55. The van der Waals surface area contributed by atoms with Crippen molar-refractivity contribution in [3.05, 3.63) is 47.0 Å². The molecule has 0 saturated heterocycles. The molecular weight excluding hydrogens is 330 g/mol. The number of ether oxygens (including phenoxy) is 2. The summed E-state index contributed by atoms with van der Waals surface area (Å²) in [6.45, 7) is 2.93. The van der Waals surface area contributed by atoms with Gasteiger partial charge in [-0.3, -0.25) is 14.8 Å². The molecule has 24 heavy (non-hydrogen) atoms.